The van der Waals surface area contributed by atoms with Crippen molar-refractivity contribution in [2.24, 2.45) is 5.92 Å². The average molecular weight is 484 g/mol. The van der Waals surface area contributed by atoms with Gasteiger partial charge < -0.3 is 15.5 Å². The van der Waals surface area contributed by atoms with Crippen LogP contribution in [0.25, 0.3) is 0 Å². The van der Waals surface area contributed by atoms with E-state index in [1.165, 1.54) is 49.9 Å². The predicted octanol–water partition coefficient (Wildman–Crippen LogP) is 4.23. The van der Waals surface area contributed by atoms with Crippen LogP contribution in [0, 0.1) is 5.92 Å². The first-order valence-corrected chi connectivity index (χ1v) is 13.5. The minimum absolute atomic E-state index is 0.303. The molecule has 194 valence electrons. The van der Waals surface area contributed by atoms with E-state index in [1.54, 1.807) is 0 Å². The van der Waals surface area contributed by atoms with Gasteiger partial charge in [-0.15, -0.1) is 0 Å². The molecule has 1 saturated carbocycles. The van der Waals surface area contributed by atoms with Gasteiger partial charge in [-0.25, -0.2) is 0 Å². The molecule has 1 heterocycles. The van der Waals surface area contributed by atoms with Gasteiger partial charge in [-0.1, -0.05) is 45.3 Å². The number of benzene rings is 1. The molecule has 3 N–H and O–H groups in total. The lowest BCUT2D eigenvalue weighted by atomic mass is 9.89. The van der Waals surface area contributed by atoms with Crippen molar-refractivity contribution in [2.45, 2.75) is 70.8 Å². The first-order valence-electron chi connectivity index (χ1n) is 13.5. The van der Waals surface area contributed by atoms with Gasteiger partial charge in [-0.05, 0) is 55.7 Å². The summed E-state index contributed by atoms with van der Waals surface area (Å²) in [6.45, 7) is 12.2. The van der Waals surface area contributed by atoms with Crippen LogP contribution in [0.3, 0.4) is 0 Å². The van der Waals surface area contributed by atoms with Crippen molar-refractivity contribution in [3.8, 4) is 0 Å². The summed E-state index contributed by atoms with van der Waals surface area (Å²) in [7, 11) is 1.89. The number of allylic oxidation sites excluding steroid dienone is 1. The molecule has 1 aromatic carbocycles. The summed E-state index contributed by atoms with van der Waals surface area (Å²) in [6, 6.07) is 5.82. The Morgan fingerprint density at radius 1 is 1.14 bits per heavy atom. The molecule has 0 radical (unpaired) electrons. The third kappa shape index (κ3) is 8.27. The number of amides is 2. The molecule has 1 saturated heterocycles. The van der Waals surface area contributed by atoms with Gasteiger partial charge in [0.15, 0.2) is 0 Å². The van der Waals surface area contributed by atoms with Gasteiger partial charge in [0.1, 0.15) is 6.04 Å². The fourth-order valence-electron chi connectivity index (χ4n) is 5.41. The summed E-state index contributed by atoms with van der Waals surface area (Å²) in [5.41, 5.74) is 4.28. The lowest BCUT2D eigenvalue weighted by Gasteiger charge is -2.39. The van der Waals surface area contributed by atoms with E-state index >= 15 is 0 Å². The van der Waals surface area contributed by atoms with Crippen LogP contribution in [0.2, 0.25) is 0 Å². The van der Waals surface area contributed by atoms with E-state index in [2.05, 4.69) is 44.5 Å². The first-order chi connectivity index (χ1) is 17.0. The summed E-state index contributed by atoms with van der Waals surface area (Å²) < 4.78 is 0. The van der Waals surface area contributed by atoms with E-state index in [9.17, 15) is 9.59 Å². The topological polar surface area (TPSA) is 76.7 Å². The number of hydrogen-bond acceptors (Lipinski definition) is 6. The Kier molecular flexibility index (Phi) is 10.9. The number of rotatable bonds is 13. The maximum Gasteiger partial charge on any atom is 0.248 e. The molecule has 2 amide bonds. The van der Waals surface area contributed by atoms with Gasteiger partial charge in [0.05, 0.1) is 11.4 Å². The highest BCUT2D eigenvalue weighted by Gasteiger charge is 2.22. The molecule has 0 bridgehead atoms. The lowest BCUT2D eigenvalue weighted by Crippen LogP contribution is -2.47. The normalized spacial score (nSPS) is 18.1. The SMILES string of the molecule is C=C(CCc1ccc(NC(CCC)C(=O)NC=O)c(NC)c1)N1CCN(CC2CCCCC2)CC1. The van der Waals surface area contributed by atoms with Crippen molar-refractivity contribution in [1.29, 1.82) is 0 Å². The first kappa shape index (κ1) is 27.1. The number of nitrogens with one attached hydrogen (secondary N) is 3. The molecule has 0 aromatic heterocycles. The Balaban J connectivity index is 1.48. The van der Waals surface area contributed by atoms with Crippen molar-refractivity contribution < 1.29 is 9.59 Å². The van der Waals surface area contributed by atoms with E-state index < -0.39 is 6.04 Å². The molecule has 1 atom stereocenters. The number of carbonyl (C=O) groups is 2. The average Bonchev–Trinajstić information content (AvgIpc) is 2.88. The summed E-state index contributed by atoms with van der Waals surface area (Å²) in [5, 5.41) is 8.81. The molecule has 7 heteroatoms. The summed E-state index contributed by atoms with van der Waals surface area (Å²) in [5.74, 6) is 0.608. The summed E-state index contributed by atoms with van der Waals surface area (Å²) in [6.07, 6.45) is 10.9. The van der Waals surface area contributed by atoms with Crippen molar-refractivity contribution >= 4 is 23.7 Å². The van der Waals surface area contributed by atoms with Crippen LogP contribution in [0.5, 0.6) is 0 Å². The third-order valence-corrected chi connectivity index (χ3v) is 7.54. The molecular weight excluding hydrogens is 438 g/mol. The highest BCUT2D eigenvalue weighted by molar-refractivity contribution is 5.92. The van der Waals surface area contributed by atoms with E-state index in [0.717, 1.165) is 62.7 Å². The van der Waals surface area contributed by atoms with Gasteiger partial charge in [0.2, 0.25) is 12.3 Å². The number of hydrogen-bond donors (Lipinski definition) is 3. The second-order valence-electron chi connectivity index (χ2n) is 10.1. The molecule has 35 heavy (non-hydrogen) atoms. The molecule has 1 aromatic rings. The van der Waals surface area contributed by atoms with Gasteiger partial charge in [-0.2, -0.15) is 0 Å². The van der Waals surface area contributed by atoms with Crippen LogP contribution in [-0.2, 0) is 16.0 Å². The quantitative estimate of drug-likeness (QED) is 0.365. The standard InChI is InChI=1S/C28H45N5O2/c1-4-8-26(28(35)30-21-34)31-25-14-13-23(19-27(25)29-3)12-11-22(2)33-17-15-32(16-18-33)20-24-9-6-5-7-10-24/h13-14,19,21,24,26,29,31H,2,4-12,15-18,20H2,1,3H3,(H,30,34,35). The number of piperazine rings is 1. The molecular formula is C28H45N5O2. The second kappa shape index (κ2) is 14.1. The number of anilines is 2. The lowest BCUT2D eigenvalue weighted by molar-refractivity contribution is -0.125. The third-order valence-electron chi connectivity index (χ3n) is 7.54. The van der Waals surface area contributed by atoms with E-state index in [4.69, 9.17) is 0 Å². The minimum atomic E-state index is -0.445. The Bertz CT molecular complexity index is 829. The maximum atomic E-state index is 12.2. The second-order valence-corrected chi connectivity index (χ2v) is 10.1. The fraction of sp³-hybridized carbons (Fsp3) is 0.643. The molecule has 3 rings (SSSR count). The number of nitrogens with zero attached hydrogens (tertiary/aromatic N) is 2. The monoisotopic (exact) mass is 483 g/mol. The van der Waals surface area contributed by atoms with Crippen molar-refractivity contribution in [2.75, 3.05) is 50.4 Å². The Morgan fingerprint density at radius 2 is 1.89 bits per heavy atom. The van der Waals surface area contributed by atoms with E-state index in [1.807, 2.05) is 20.0 Å². The van der Waals surface area contributed by atoms with Crippen LogP contribution in [0.4, 0.5) is 11.4 Å². The Hall–Kier alpha value is -2.54. The van der Waals surface area contributed by atoms with Crippen molar-refractivity contribution in [1.82, 2.24) is 15.1 Å². The van der Waals surface area contributed by atoms with Gasteiger partial charge >= 0.3 is 0 Å². The fourth-order valence-corrected chi connectivity index (χ4v) is 5.41. The smallest absolute Gasteiger partial charge is 0.248 e. The van der Waals surface area contributed by atoms with E-state index in [-0.39, 0.29) is 5.91 Å². The van der Waals surface area contributed by atoms with Crippen molar-refractivity contribution in [3.63, 3.8) is 0 Å². The van der Waals surface area contributed by atoms with Gasteiger partial charge in [0.25, 0.3) is 0 Å². The molecule has 1 aliphatic heterocycles. The van der Waals surface area contributed by atoms with Crippen LogP contribution < -0.4 is 16.0 Å². The van der Waals surface area contributed by atoms with Gasteiger partial charge in [0, 0.05) is 45.5 Å². The largest absolute Gasteiger partial charge is 0.386 e. The van der Waals surface area contributed by atoms with Crippen LogP contribution >= 0.6 is 0 Å². The number of aryl methyl sites for hydroxylation is 1. The summed E-state index contributed by atoms with van der Waals surface area (Å²) in [4.78, 5) is 28.0. The predicted molar refractivity (Wildman–Crippen MR) is 145 cm³/mol. The van der Waals surface area contributed by atoms with Crippen LogP contribution in [0.15, 0.2) is 30.5 Å². The Morgan fingerprint density at radius 3 is 2.54 bits per heavy atom. The molecule has 2 fully saturated rings. The zero-order valence-corrected chi connectivity index (χ0v) is 21.8. The molecule has 7 nitrogen and oxygen atoms in total. The number of carbonyl (C=O) groups excluding carboxylic acids is 2. The minimum Gasteiger partial charge on any atom is -0.386 e. The summed E-state index contributed by atoms with van der Waals surface area (Å²) >= 11 is 0. The van der Waals surface area contributed by atoms with Crippen molar-refractivity contribution in [3.05, 3.63) is 36.0 Å². The Labute approximate surface area is 211 Å². The van der Waals surface area contributed by atoms with E-state index in [0.29, 0.717) is 12.8 Å². The molecule has 1 unspecified atom stereocenters. The zero-order chi connectivity index (χ0) is 25.0. The van der Waals surface area contributed by atoms with Crippen LogP contribution in [0.1, 0.15) is 63.9 Å². The highest BCUT2D eigenvalue weighted by Crippen LogP contribution is 2.27. The van der Waals surface area contributed by atoms with Crippen LogP contribution in [-0.4, -0.2) is 67.9 Å². The molecule has 2 aliphatic rings. The zero-order valence-electron chi connectivity index (χ0n) is 21.8. The van der Waals surface area contributed by atoms with Gasteiger partial charge in [-0.3, -0.25) is 19.8 Å². The maximum absolute atomic E-state index is 12.2. The number of imide groups is 1. The molecule has 0 spiro atoms. The highest BCUT2D eigenvalue weighted by atomic mass is 16.2. The molecule has 1 aliphatic carbocycles.